The van der Waals surface area contributed by atoms with E-state index in [2.05, 4.69) is 73.6 Å². The minimum Gasteiger partial charge on any atom is -0.497 e. The van der Waals surface area contributed by atoms with Crippen molar-refractivity contribution in [1.29, 1.82) is 0 Å². The van der Waals surface area contributed by atoms with E-state index in [0.29, 0.717) is 17.2 Å². The topological polar surface area (TPSA) is 139 Å². The Balaban J connectivity index is 1.42. The Morgan fingerprint density at radius 3 is 2.13 bits per heavy atom. The molecule has 0 saturated carbocycles. The monoisotopic (exact) mass is 804 g/mol. The second kappa shape index (κ2) is 17.1. The number of nitrogens with zero attached hydrogens (tertiary/aromatic N) is 3. The van der Waals surface area contributed by atoms with E-state index < -0.39 is 17.4 Å². The van der Waals surface area contributed by atoms with Gasteiger partial charge in [-0.1, -0.05) is 101 Å². The fourth-order valence-electron chi connectivity index (χ4n) is 5.57. The van der Waals surface area contributed by atoms with Crippen molar-refractivity contribution in [2.45, 2.75) is 65.2 Å². The van der Waals surface area contributed by atoms with Crippen LogP contribution in [0.3, 0.4) is 0 Å². The molecule has 0 saturated heterocycles. The first kappa shape index (κ1) is 41.1. The number of aromatic amines is 1. The quantitative estimate of drug-likeness (QED) is 0.0959. The molecule has 1 aromatic heterocycles. The molecule has 0 aliphatic rings. The van der Waals surface area contributed by atoms with Crippen LogP contribution < -0.4 is 25.7 Å². The van der Waals surface area contributed by atoms with Crippen molar-refractivity contribution in [3.8, 4) is 17.2 Å². The predicted octanol–water partition coefficient (Wildman–Crippen LogP) is 11.2. The summed E-state index contributed by atoms with van der Waals surface area (Å²) in [5, 5.41) is 17.1. The zero-order chi connectivity index (χ0) is 40.1. The summed E-state index contributed by atoms with van der Waals surface area (Å²) in [4.78, 5) is 41.0. The highest BCUT2D eigenvalue weighted by Gasteiger charge is 2.27. The molecule has 0 unspecified atom stereocenters. The van der Waals surface area contributed by atoms with Gasteiger partial charge >= 0.3 is 5.56 Å². The molecule has 0 spiro atoms. The maximum atomic E-state index is 13.9. The molecule has 0 aliphatic heterocycles. The Morgan fingerprint density at radius 2 is 1.49 bits per heavy atom. The number of benzene rings is 4. The third-order valence-electron chi connectivity index (χ3n) is 9.71. The molecule has 5 aromatic rings. The summed E-state index contributed by atoms with van der Waals surface area (Å²) in [6.07, 6.45) is 1.84. The normalized spacial score (nSPS) is 11.8. The van der Waals surface area contributed by atoms with Crippen molar-refractivity contribution in [3.63, 3.8) is 0 Å². The van der Waals surface area contributed by atoms with Gasteiger partial charge in [0, 0.05) is 10.6 Å². The lowest BCUT2D eigenvalue weighted by Crippen LogP contribution is -2.25. The molecule has 2 amide bonds. The lowest BCUT2D eigenvalue weighted by atomic mass is 9.76. The van der Waals surface area contributed by atoms with Crippen molar-refractivity contribution >= 4 is 69.5 Å². The van der Waals surface area contributed by atoms with E-state index in [0.717, 1.165) is 23.1 Å². The second-order valence-electron chi connectivity index (χ2n) is 14.1. The van der Waals surface area contributed by atoms with Crippen LogP contribution in [0.15, 0.2) is 93.9 Å². The van der Waals surface area contributed by atoms with Crippen LogP contribution >= 0.6 is 34.8 Å². The van der Waals surface area contributed by atoms with Gasteiger partial charge in [0.1, 0.15) is 17.2 Å². The molecular weight excluding hydrogens is 763 g/mol. The van der Waals surface area contributed by atoms with Crippen molar-refractivity contribution in [3.05, 3.63) is 121 Å². The lowest BCUT2D eigenvalue weighted by Gasteiger charge is -2.30. The van der Waals surface area contributed by atoms with Crippen molar-refractivity contribution in [1.82, 2.24) is 9.78 Å². The summed E-state index contributed by atoms with van der Waals surface area (Å²) < 4.78 is 12.4. The number of nitrogens with one attached hydrogen (secondary N) is 3. The van der Waals surface area contributed by atoms with E-state index in [1.165, 1.54) is 30.9 Å². The summed E-state index contributed by atoms with van der Waals surface area (Å²) in [5.41, 5.74) is 1.84. The molecule has 288 valence electrons. The van der Waals surface area contributed by atoms with E-state index in [9.17, 15) is 14.4 Å². The van der Waals surface area contributed by atoms with Crippen LogP contribution in [0.2, 0.25) is 15.1 Å². The van der Waals surface area contributed by atoms with Gasteiger partial charge in [-0.3, -0.25) is 19.5 Å². The Bertz CT molecular complexity index is 2270. The zero-order valence-electron chi connectivity index (χ0n) is 31.6. The smallest absolute Gasteiger partial charge is 0.301 e. The highest BCUT2D eigenvalue weighted by molar-refractivity contribution is 6.40. The summed E-state index contributed by atoms with van der Waals surface area (Å²) in [6.45, 7) is 12.7. The van der Waals surface area contributed by atoms with Crippen LogP contribution in [-0.4, -0.2) is 35.3 Å². The standard InChI is InChI=1S/C41H43Cl3N6O5/c1-8-40(3,4)24-14-19-33(29(20-24)41(5,6)9-2)55-23-34(51)45-32-13-11-10-12-28(32)38(52)46-37-35(48-47-26-15-17-27(54-7)18-16-26)39(53)50(49-37)36-30(43)21-25(42)22-31(36)44/h10-22,49H,8-9,23H2,1-7H3,(H,45,51)(H,46,52). The number of rotatable bonds is 14. The number of carbonyl (C=O) groups excluding carboxylic acids is 2. The number of azo groups is 1. The van der Waals surface area contributed by atoms with Gasteiger partial charge in [-0.25, -0.2) is 4.68 Å². The maximum absolute atomic E-state index is 13.9. The van der Waals surface area contributed by atoms with Gasteiger partial charge in [0.25, 0.3) is 11.8 Å². The molecule has 0 aliphatic carbocycles. The first-order valence-corrected chi connectivity index (χ1v) is 18.8. The van der Waals surface area contributed by atoms with Gasteiger partial charge in [-0.15, -0.1) is 5.11 Å². The highest BCUT2D eigenvalue weighted by atomic mass is 35.5. The average Bonchev–Trinajstić information content (AvgIpc) is 3.45. The Morgan fingerprint density at radius 1 is 0.836 bits per heavy atom. The third kappa shape index (κ3) is 9.41. The summed E-state index contributed by atoms with van der Waals surface area (Å²) in [6, 6.07) is 22.1. The number of hydrogen-bond acceptors (Lipinski definition) is 7. The second-order valence-corrected chi connectivity index (χ2v) is 15.4. The predicted molar refractivity (Wildman–Crippen MR) is 220 cm³/mol. The number of carbonyl (C=O) groups is 2. The summed E-state index contributed by atoms with van der Waals surface area (Å²) in [7, 11) is 1.54. The number of para-hydroxylation sites is 1. The first-order chi connectivity index (χ1) is 26.1. The van der Waals surface area contributed by atoms with Crippen LogP contribution in [-0.2, 0) is 15.6 Å². The van der Waals surface area contributed by atoms with Gasteiger partial charge in [0.15, 0.2) is 18.1 Å². The van der Waals surface area contributed by atoms with E-state index in [1.807, 2.05) is 12.1 Å². The number of amides is 2. The molecule has 3 N–H and O–H groups in total. The average molecular weight is 806 g/mol. The number of anilines is 2. The number of hydrogen-bond donors (Lipinski definition) is 3. The third-order valence-corrected chi connectivity index (χ3v) is 10.5. The molecule has 0 radical (unpaired) electrons. The lowest BCUT2D eigenvalue weighted by molar-refractivity contribution is -0.118. The van der Waals surface area contributed by atoms with Gasteiger partial charge in [-0.05, 0) is 83.8 Å². The maximum Gasteiger partial charge on any atom is 0.301 e. The largest absolute Gasteiger partial charge is 0.497 e. The molecule has 1 heterocycles. The number of ether oxygens (including phenoxy) is 2. The van der Waals surface area contributed by atoms with Gasteiger partial charge in [-0.2, -0.15) is 5.11 Å². The van der Waals surface area contributed by atoms with E-state index in [4.69, 9.17) is 44.3 Å². The summed E-state index contributed by atoms with van der Waals surface area (Å²) >= 11 is 19.0. The Labute approximate surface area is 335 Å². The molecule has 0 fully saturated rings. The van der Waals surface area contributed by atoms with Crippen molar-refractivity contribution in [2.75, 3.05) is 24.4 Å². The van der Waals surface area contributed by atoms with E-state index in [1.54, 1.807) is 42.5 Å². The first-order valence-electron chi connectivity index (χ1n) is 17.6. The SMILES string of the molecule is CCC(C)(C)c1ccc(OCC(=O)Nc2ccccc2C(=O)Nc2[nH]n(-c3c(Cl)cc(Cl)cc3Cl)c(=O)c2N=Nc2ccc(OC)cc2)c(C(C)(C)CC)c1. The number of H-pyrrole nitrogens is 1. The highest BCUT2D eigenvalue weighted by Crippen LogP contribution is 2.39. The number of aromatic nitrogens is 2. The zero-order valence-corrected chi connectivity index (χ0v) is 33.9. The van der Waals surface area contributed by atoms with Gasteiger partial charge in [0.2, 0.25) is 0 Å². The van der Waals surface area contributed by atoms with Crippen LogP contribution in [0.4, 0.5) is 22.9 Å². The van der Waals surface area contributed by atoms with Gasteiger partial charge < -0.3 is 20.1 Å². The minimum atomic E-state index is -0.714. The fraction of sp³-hybridized carbons (Fsp3) is 0.293. The molecular formula is C41H43Cl3N6O5. The number of halogens is 3. The van der Waals surface area contributed by atoms with Crippen LogP contribution in [0.5, 0.6) is 11.5 Å². The molecule has 55 heavy (non-hydrogen) atoms. The number of methoxy groups -OCH3 is 1. The van der Waals surface area contributed by atoms with E-state index >= 15 is 0 Å². The van der Waals surface area contributed by atoms with Crippen LogP contribution in [0.25, 0.3) is 5.69 Å². The van der Waals surface area contributed by atoms with Crippen molar-refractivity contribution < 1.29 is 19.1 Å². The molecule has 11 nitrogen and oxygen atoms in total. The van der Waals surface area contributed by atoms with Crippen LogP contribution in [0.1, 0.15) is 75.9 Å². The van der Waals surface area contributed by atoms with Crippen molar-refractivity contribution in [2.24, 2.45) is 10.2 Å². The molecule has 14 heteroatoms. The molecule has 0 bridgehead atoms. The molecule has 4 aromatic carbocycles. The molecule has 5 rings (SSSR count). The fourth-order valence-corrected chi connectivity index (χ4v) is 6.56. The molecule has 0 atom stereocenters. The summed E-state index contributed by atoms with van der Waals surface area (Å²) in [5.74, 6) is -0.0240. The van der Waals surface area contributed by atoms with Gasteiger partial charge in [0.05, 0.1) is 34.1 Å². The Kier molecular flexibility index (Phi) is 12.8. The minimum absolute atomic E-state index is 0.0233. The Hall–Kier alpha value is -5.10. The van der Waals surface area contributed by atoms with Crippen LogP contribution in [0, 0.1) is 0 Å². The van der Waals surface area contributed by atoms with E-state index in [-0.39, 0.29) is 60.9 Å².